The number of carbonyl (C=O) groups excluding carboxylic acids is 1. The monoisotopic (exact) mass is 209 g/mol. The van der Waals surface area contributed by atoms with Crippen LogP contribution in [0.25, 0.3) is 0 Å². The Bertz CT molecular complexity index is 280. The number of nitrogens with one attached hydrogen (secondary N) is 1. The fraction of sp³-hybridized carbons (Fsp3) is 0.818. The summed E-state index contributed by atoms with van der Waals surface area (Å²) in [7, 11) is 0. The molecule has 1 fully saturated rings. The van der Waals surface area contributed by atoms with Gasteiger partial charge in [0.05, 0.1) is 12.5 Å². The van der Waals surface area contributed by atoms with E-state index in [1.54, 1.807) is 0 Å². The van der Waals surface area contributed by atoms with E-state index in [-0.39, 0.29) is 23.9 Å². The molecular formula is C11H19N3O. The molecule has 1 aliphatic rings. The van der Waals surface area contributed by atoms with Crippen molar-refractivity contribution >= 4 is 5.91 Å². The van der Waals surface area contributed by atoms with Gasteiger partial charge in [0.2, 0.25) is 5.91 Å². The minimum atomic E-state index is -0.311. The second-order valence-corrected chi connectivity index (χ2v) is 4.60. The van der Waals surface area contributed by atoms with Gasteiger partial charge >= 0.3 is 0 Å². The Balaban J connectivity index is 2.77. The van der Waals surface area contributed by atoms with E-state index in [4.69, 9.17) is 5.26 Å². The zero-order valence-corrected chi connectivity index (χ0v) is 9.71. The molecule has 15 heavy (non-hydrogen) atoms. The van der Waals surface area contributed by atoms with Gasteiger partial charge in [-0.25, -0.2) is 0 Å². The van der Waals surface area contributed by atoms with Gasteiger partial charge in [0, 0.05) is 18.6 Å². The van der Waals surface area contributed by atoms with Crippen molar-refractivity contribution in [2.75, 3.05) is 13.1 Å². The van der Waals surface area contributed by atoms with Crippen LogP contribution < -0.4 is 5.32 Å². The van der Waals surface area contributed by atoms with Crippen LogP contribution in [0.2, 0.25) is 0 Å². The third-order valence-corrected chi connectivity index (χ3v) is 2.82. The Morgan fingerprint density at radius 1 is 1.67 bits per heavy atom. The highest BCUT2D eigenvalue weighted by atomic mass is 16.2. The van der Waals surface area contributed by atoms with Crippen LogP contribution in [0.5, 0.6) is 0 Å². The smallest absolute Gasteiger partial charge is 0.241 e. The zero-order chi connectivity index (χ0) is 11.5. The third-order valence-electron chi connectivity index (χ3n) is 2.82. The zero-order valence-electron chi connectivity index (χ0n) is 9.71. The molecule has 0 bridgehead atoms. The summed E-state index contributed by atoms with van der Waals surface area (Å²) in [5.74, 6) is 0.0645. The summed E-state index contributed by atoms with van der Waals surface area (Å²) in [5.41, 5.74) is -0.140. The van der Waals surface area contributed by atoms with Crippen molar-refractivity contribution in [1.82, 2.24) is 10.2 Å². The molecule has 1 heterocycles. The van der Waals surface area contributed by atoms with Crippen LogP contribution in [-0.2, 0) is 4.79 Å². The summed E-state index contributed by atoms with van der Waals surface area (Å²) in [6, 6.07) is 1.74. The average molecular weight is 209 g/mol. The lowest BCUT2D eigenvalue weighted by Gasteiger charge is -2.45. The van der Waals surface area contributed by atoms with Gasteiger partial charge in [0.25, 0.3) is 0 Å². The Labute approximate surface area is 91.2 Å². The third kappa shape index (κ3) is 2.48. The highest BCUT2D eigenvalue weighted by molar-refractivity contribution is 5.83. The lowest BCUT2D eigenvalue weighted by atomic mass is 9.95. The van der Waals surface area contributed by atoms with Gasteiger partial charge in [-0.2, -0.15) is 5.26 Å². The molecule has 4 heteroatoms. The molecule has 1 unspecified atom stereocenters. The molecule has 1 atom stereocenters. The van der Waals surface area contributed by atoms with Crippen molar-refractivity contribution < 1.29 is 4.79 Å². The molecule has 4 nitrogen and oxygen atoms in total. The number of amides is 1. The predicted molar refractivity (Wildman–Crippen MR) is 58.1 cm³/mol. The molecule has 84 valence electrons. The standard InChI is InChI=1S/C11H19N3O/c1-4-7-14-10(15)9(5-6-12)13-8-11(14,2)3/h9,13H,4-5,7-8H2,1-3H3. The van der Waals surface area contributed by atoms with Gasteiger partial charge in [0.15, 0.2) is 0 Å². The van der Waals surface area contributed by atoms with Gasteiger partial charge in [-0.15, -0.1) is 0 Å². The molecular weight excluding hydrogens is 190 g/mol. The first-order valence-electron chi connectivity index (χ1n) is 5.44. The van der Waals surface area contributed by atoms with E-state index >= 15 is 0 Å². The summed E-state index contributed by atoms with van der Waals surface area (Å²) >= 11 is 0. The minimum Gasteiger partial charge on any atom is -0.335 e. The van der Waals surface area contributed by atoms with Crippen LogP contribution in [0.1, 0.15) is 33.6 Å². The van der Waals surface area contributed by atoms with Crippen molar-refractivity contribution in [1.29, 1.82) is 5.26 Å². The SMILES string of the molecule is CCCN1C(=O)C(CC#N)NCC1(C)C. The Morgan fingerprint density at radius 2 is 2.33 bits per heavy atom. The van der Waals surface area contributed by atoms with Crippen LogP contribution in [0.15, 0.2) is 0 Å². The normalized spacial score (nSPS) is 25.1. The maximum absolute atomic E-state index is 12.0. The van der Waals surface area contributed by atoms with Gasteiger partial charge in [-0.1, -0.05) is 6.92 Å². The Morgan fingerprint density at radius 3 is 2.87 bits per heavy atom. The maximum Gasteiger partial charge on any atom is 0.241 e. The van der Waals surface area contributed by atoms with Gasteiger partial charge in [0.1, 0.15) is 6.04 Å². The highest BCUT2D eigenvalue weighted by Gasteiger charge is 2.39. The van der Waals surface area contributed by atoms with Gasteiger partial charge in [-0.3, -0.25) is 4.79 Å². The molecule has 1 amide bonds. The van der Waals surface area contributed by atoms with Gasteiger partial charge < -0.3 is 10.2 Å². The molecule has 1 aliphatic heterocycles. The molecule has 0 aromatic heterocycles. The van der Waals surface area contributed by atoms with Crippen molar-refractivity contribution in [3.63, 3.8) is 0 Å². The fourth-order valence-corrected chi connectivity index (χ4v) is 1.93. The van der Waals surface area contributed by atoms with E-state index in [1.165, 1.54) is 0 Å². The highest BCUT2D eigenvalue weighted by Crippen LogP contribution is 2.20. The lowest BCUT2D eigenvalue weighted by Crippen LogP contribution is -2.65. The molecule has 1 rings (SSSR count). The molecule has 1 saturated heterocycles. The van der Waals surface area contributed by atoms with Crippen molar-refractivity contribution in [3.05, 3.63) is 0 Å². The summed E-state index contributed by atoms with van der Waals surface area (Å²) in [4.78, 5) is 13.9. The molecule has 0 aromatic rings. The van der Waals surface area contributed by atoms with E-state index in [9.17, 15) is 4.79 Å². The number of carbonyl (C=O) groups is 1. The Hall–Kier alpha value is -1.08. The van der Waals surface area contributed by atoms with E-state index in [0.717, 1.165) is 19.5 Å². The summed E-state index contributed by atoms with van der Waals surface area (Å²) in [5, 5.41) is 11.8. The summed E-state index contributed by atoms with van der Waals surface area (Å²) in [6.07, 6.45) is 1.21. The summed E-state index contributed by atoms with van der Waals surface area (Å²) < 4.78 is 0. The second-order valence-electron chi connectivity index (χ2n) is 4.60. The van der Waals surface area contributed by atoms with E-state index < -0.39 is 0 Å². The maximum atomic E-state index is 12.0. The number of nitrogens with zero attached hydrogens (tertiary/aromatic N) is 2. The second kappa shape index (κ2) is 4.63. The topological polar surface area (TPSA) is 56.1 Å². The minimum absolute atomic E-state index is 0.0645. The van der Waals surface area contributed by atoms with E-state index in [2.05, 4.69) is 26.1 Å². The number of nitriles is 1. The summed E-state index contributed by atoms with van der Waals surface area (Å²) in [6.45, 7) is 7.69. The van der Waals surface area contributed by atoms with Crippen LogP contribution in [0.3, 0.4) is 0 Å². The van der Waals surface area contributed by atoms with Gasteiger partial charge in [-0.05, 0) is 20.3 Å². The number of rotatable bonds is 3. The molecule has 0 radical (unpaired) electrons. The molecule has 0 saturated carbocycles. The van der Waals surface area contributed by atoms with Crippen molar-refractivity contribution in [2.24, 2.45) is 0 Å². The number of hydrogen-bond acceptors (Lipinski definition) is 3. The molecule has 1 N–H and O–H groups in total. The first kappa shape index (κ1) is 12.0. The van der Waals surface area contributed by atoms with Crippen LogP contribution in [-0.4, -0.2) is 35.5 Å². The molecule has 0 spiro atoms. The molecule has 0 aromatic carbocycles. The first-order valence-corrected chi connectivity index (χ1v) is 5.44. The van der Waals surface area contributed by atoms with Crippen LogP contribution in [0.4, 0.5) is 0 Å². The number of piperazine rings is 1. The Kier molecular flexibility index (Phi) is 3.70. The van der Waals surface area contributed by atoms with Crippen LogP contribution in [0, 0.1) is 11.3 Å². The predicted octanol–water partition coefficient (Wildman–Crippen LogP) is 0.889. The lowest BCUT2D eigenvalue weighted by molar-refractivity contribution is -0.142. The number of hydrogen-bond donors (Lipinski definition) is 1. The molecule has 0 aliphatic carbocycles. The fourth-order valence-electron chi connectivity index (χ4n) is 1.93. The van der Waals surface area contributed by atoms with Crippen LogP contribution >= 0.6 is 0 Å². The average Bonchev–Trinajstić information content (AvgIpc) is 2.17. The van der Waals surface area contributed by atoms with E-state index in [0.29, 0.717) is 0 Å². The quantitative estimate of drug-likeness (QED) is 0.751. The van der Waals surface area contributed by atoms with E-state index in [1.807, 2.05) is 11.0 Å². The van der Waals surface area contributed by atoms with Crippen molar-refractivity contribution in [3.8, 4) is 6.07 Å². The van der Waals surface area contributed by atoms with Crippen molar-refractivity contribution in [2.45, 2.75) is 45.2 Å². The first-order chi connectivity index (χ1) is 7.03. The largest absolute Gasteiger partial charge is 0.335 e.